The summed E-state index contributed by atoms with van der Waals surface area (Å²) in [5.41, 5.74) is 0.611. The summed E-state index contributed by atoms with van der Waals surface area (Å²) in [6.07, 6.45) is 4.17. The number of hydrogen-bond donors (Lipinski definition) is 1. The van der Waals surface area contributed by atoms with Crippen molar-refractivity contribution in [1.82, 2.24) is 10.2 Å². The zero-order valence-corrected chi connectivity index (χ0v) is 16.3. The number of imide groups is 1. The molecule has 0 spiro atoms. The summed E-state index contributed by atoms with van der Waals surface area (Å²) in [4.78, 5) is 40.5. The maximum absolute atomic E-state index is 12.6. The van der Waals surface area contributed by atoms with Crippen LogP contribution in [0.4, 0.5) is 0 Å². The fourth-order valence-corrected chi connectivity index (χ4v) is 3.08. The van der Waals surface area contributed by atoms with Crippen LogP contribution in [0, 0.1) is 10.1 Å². The average Bonchev–Trinajstić information content (AvgIpc) is 2.89. The first kappa shape index (κ1) is 21.6. The standard InChI is InChI=1S/C19H27N3O6/c1-3-5-6-8-17(20-4-2)28-14-9-10-15-16(13-14)19(24)21(18(15)23)11-7-12-27-22(25)26/h9-10,13,17,20H,3-8,11-12H2,1-2H3. The van der Waals surface area contributed by atoms with Crippen molar-refractivity contribution in [2.75, 3.05) is 19.7 Å². The molecule has 0 aromatic heterocycles. The van der Waals surface area contributed by atoms with E-state index in [1.807, 2.05) is 6.92 Å². The van der Waals surface area contributed by atoms with Gasteiger partial charge in [0.05, 0.1) is 17.7 Å². The molecule has 1 aliphatic heterocycles. The Hall–Kier alpha value is -2.68. The van der Waals surface area contributed by atoms with Gasteiger partial charge in [-0.2, -0.15) is 0 Å². The average molecular weight is 393 g/mol. The van der Waals surface area contributed by atoms with Gasteiger partial charge >= 0.3 is 0 Å². The monoisotopic (exact) mass is 393 g/mol. The molecule has 28 heavy (non-hydrogen) atoms. The molecule has 9 heteroatoms. The zero-order chi connectivity index (χ0) is 20.5. The number of carbonyl (C=O) groups is 2. The second-order valence-corrected chi connectivity index (χ2v) is 6.54. The van der Waals surface area contributed by atoms with E-state index in [1.165, 1.54) is 0 Å². The second kappa shape index (κ2) is 10.6. The normalized spacial score (nSPS) is 14.1. The van der Waals surface area contributed by atoms with Crippen LogP contribution in [0.2, 0.25) is 0 Å². The van der Waals surface area contributed by atoms with Crippen molar-refractivity contribution in [2.45, 2.75) is 52.2 Å². The van der Waals surface area contributed by atoms with Gasteiger partial charge in [0.15, 0.2) is 0 Å². The Labute approximate surface area is 164 Å². The summed E-state index contributed by atoms with van der Waals surface area (Å²) in [7, 11) is 0. The molecule has 0 saturated heterocycles. The van der Waals surface area contributed by atoms with Crippen molar-refractivity contribution in [1.29, 1.82) is 0 Å². The Kier molecular flexibility index (Phi) is 8.19. The fourth-order valence-electron chi connectivity index (χ4n) is 3.08. The summed E-state index contributed by atoms with van der Waals surface area (Å²) in [6, 6.07) is 4.87. The van der Waals surface area contributed by atoms with Crippen LogP contribution in [-0.4, -0.2) is 47.7 Å². The number of unbranched alkanes of at least 4 members (excludes halogenated alkanes) is 2. The largest absolute Gasteiger partial charge is 0.475 e. The fraction of sp³-hybridized carbons (Fsp3) is 0.579. The number of benzene rings is 1. The number of rotatable bonds is 13. The van der Waals surface area contributed by atoms with E-state index in [2.05, 4.69) is 17.1 Å². The van der Waals surface area contributed by atoms with E-state index in [4.69, 9.17) is 4.74 Å². The summed E-state index contributed by atoms with van der Waals surface area (Å²) in [5, 5.41) is 12.6. The van der Waals surface area contributed by atoms with Gasteiger partial charge in [0.25, 0.3) is 16.9 Å². The quantitative estimate of drug-likeness (QED) is 0.180. The van der Waals surface area contributed by atoms with E-state index in [0.717, 1.165) is 37.1 Å². The first-order valence-electron chi connectivity index (χ1n) is 9.65. The van der Waals surface area contributed by atoms with Gasteiger partial charge in [0.1, 0.15) is 12.0 Å². The summed E-state index contributed by atoms with van der Waals surface area (Å²) < 4.78 is 5.98. The molecule has 1 atom stereocenters. The maximum atomic E-state index is 12.6. The Morgan fingerprint density at radius 3 is 2.57 bits per heavy atom. The van der Waals surface area contributed by atoms with Crippen LogP contribution in [0.3, 0.4) is 0 Å². The van der Waals surface area contributed by atoms with Gasteiger partial charge < -0.3 is 9.57 Å². The van der Waals surface area contributed by atoms with E-state index in [0.29, 0.717) is 16.9 Å². The lowest BCUT2D eigenvalue weighted by molar-refractivity contribution is -0.757. The molecule has 1 aromatic rings. The molecule has 0 saturated carbocycles. The molecular formula is C19H27N3O6. The number of hydrogen-bond acceptors (Lipinski definition) is 7. The third-order valence-corrected chi connectivity index (χ3v) is 4.44. The molecule has 0 radical (unpaired) electrons. The number of amides is 2. The van der Waals surface area contributed by atoms with E-state index >= 15 is 0 Å². The van der Waals surface area contributed by atoms with Gasteiger partial charge in [0.2, 0.25) is 0 Å². The minimum absolute atomic E-state index is 0.0629. The highest BCUT2D eigenvalue weighted by atomic mass is 16.9. The number of fused-ring (bicyclic) bond motifs is 1. The second-order valence-electron chi connectivity index (χ2n) is 6.54. The summed E-state index contributed by atoms with van der Waals surface area (Å²) in [5.74, 6) is -0.294. The third-order valence-electron chi connectivity index (χ3n) is 4.44. The minimum atomic E-state index is -0.896. The zero-order valence-electron chi connectivity index (χ0n) is 16.3. The molecule has 1 aromatic carbocycles. The van der Waals surface area contributed by atoms with Crippen molar-refractivity contribution in [3.63, 3.8) is 0 Å². The molecule has 154 valence electrons. The summed E-state index contributed by atoms with van der Waals surface area (Å²) in [6.45, 7) is 4.80. The molecule has 9 nitrogen and oxygen atoms in total. The molecular weight excluding hydrogens is 366 g/mol. The van der Waals surface area contributed by atoms with Crippen LogP contribution in [0.25, 0.3) is 0 Å². The van der Waals surface area contributed by atoms with E-state index < -0.39 is 16.9 Å². The number of carbonyl (C=O) groups excluding carboxylic acids is 2. The van der Waals surface area contributed by atoms with Gasteiger partial charge in [-0.1, -0.05) is 26.7 Å². The van der Waals surface area contributed by atoms with Crippen LogP contribution in [-0.2, 0) is 4.84 Å². The first-order chi connectivity index (χ1) is 13.5. The van der Waals surface area contributed by atoms with Gasteiger partial charge in [-0.05, 0) is 44.0 Å². The van der Waals surface area contributed by atoms with Crippen molar-refractivity contribution in [3.8, 4) is 5.75 Å². The minimum Gasteiger partial charge on any atom is -0.475 e. The number of nitrogens with zero attached hydrogens (tertiary/aromatic N) is 2. The van der Waals surface area contributed by atoms with E-state index in [-0.39, 0.29) is 25.8 Å². The van der Waals surface area contributed by atoms with E-state index in [9.17, 15) is 19.7 Å². The molecule has 1 unspecified atom stereocenters. The first-order valence-corrected chi connectivity index (χ1v) is 9.65. The SMILES string of the molecule is CCCCCC(NCC)Oc1ccc2c(c1)C(=O)N(CCCO[N+](=O)[O-])C2=O. The third kappa shape index (κ3) is 5.66. The molecule has 0 bridgehead atoms. The van der Waals surface area contributed by atoms with Crippen LogP contribution in [0.15, 0.2) is 18.2 Å². The van der Waals surface area contributed by atoms with Crippen LogP contribution < -0.4 is 10.1 Å². The predicted octanol–water partition coefficient (Wildman–Crippen LogP) is 2.78. The van der Waals surface area contributed by atoms with Crippen LogP contribution in [0.5, 0.6) is 5.75 Å². The highest BCUT2D eigenvalue weighted by molar-refractivity contribution is 6.21. The van der Waals surface area contributed by atoms with Crippen molar-refractivity contribution >= 4 is 11.8 Å². The molecule has 2 rings (SSSR count). The molecule has 1 heterocycles. The van der Waals surface area contributed by atoms with E-state index in [1.54, 1.807) is 18.2 Å². The lowest BCUT2D eigenvalue weighted by atomic mass is 10.1. The molecule has 1 aliphatic rings. The maximum Gasteiger partial charge on any atom is 0.294 e. The van der Waals surface area contributed by atoms with Crippen LogP contribution >= 0.6 is 0 Å². The molecule has 0 aliphatic carbocycles. The lowest BCUT2D eigenvalue weighted by Gasteiger charge is -2.20. The molecule has 1 N–H and O–H groups in total. The van der Waals surface area contributed by atoms with Gasteiger partial charge in [-0.15, -0.1) is 10.1 Å². The van der Waals surface area contributed by atoms with Crippen LogP contribution in [0.1, 0.15) is 66.7 Å². The molecule has 0 fully saturated rings. The Balaban J connectivity index is 2.02. The van der Waals surface area contributed by atoms with Gasteiger partial charge in [0, 0.05) is 6.54 Å². The number of ether oxygens (including phenoxy) is 1. The highest BCUT2D eigenvalue weighted by Crippen LogP contribution is 2.27. The van der Waals surface area contributed by atoms with Gasteiger partial charge in [-0.3, -0.25) is 19.8 Å². The van der Waals surface area contributed by atoms with Gasteiger partial charge in [-0.25, -0.2) is 0 Å². The van der Waals surface area contributed by atoms with Crippen molar-refractivity contribution < 1.29 is 24.3 Å². The smallest absolute Gasteiger partial charge is 0.294 e. The lowest BCUT2D eigenvalue weighted by Crippen LogP contribution is -2.34. The number of nitrogens with one attached hydrogen (secondary N) is 1. The Morgan fingerprint density at radius 1 is 1.14 bits per heavy atom. The summed E-state index contributed by atoms with van der Waals surface area (Å²) >= 11 is 0. The van der Waals surface area contributed by atoms with Crippen molar-refractivity contribution in [2.24, 2.45) is 0 Å². The molecule has 2 amide bonds. The Bertz CT molecular complexity index is 709. The predicted molar refractivity (Wildman–Crippen MR) is 102 cm³/mol. The topological polar surface area (TPSA) is 111 Å². The highest BCUT2D eigenvalue weighted by Gasteiger charge is 2.35. The van der Waals surface area contributed by atoms with Crippen molar-refractivity contribution in [3.05, 3.63) is 39.4 Å². The Morgan fingerprint density at radius 2 is 1.89 bits per heavy atom.